The number of carbonyl (C=O) groups is 2. The Kier molecular flexibility index (Phi) is 9.35. The van der Waals surface area contributed by atoms with E-state index >= 15 is 0 Å². The van der Waals surface area contributed by atoms with E-state index in [9.17, 15) is 9.59 Å². The Labute approximate surface area is 123 Å². The second-order valence-corrected chi connectivity index (χ2v) is 6.17. The van der Waals surface area contributed by atoms with E-state index in [0.29, 0.717) is 18.1 Å². The van der Waals surface area contributed by atoms with Gasteiger partial charge in [0, 0.05) is 18.8 Å². The van der Waals surface area contributed by atoms with E-state index in [1.165, 1.54) is 38.5 Å². The highest BCUT2D eigenvalue weighted by molar-refractivity contribution is 5.81. The Balaban J connectivity index is 1.82. The zero-order valence-electron chi connectivity index (χ0n) is 12.7. The molecule has 1 rings (SSSR count). The third-order valence-electron chi connectivity index (χ3n) is 4.37. The largest absolute Gasteiger partial charge is 0.481 e. The molecule has 3 nitrogen and oxygen atoms in total. The van der Waals surface area contributed by atoms with E-state index in [4.69, 9.17) is 5.11 Å². The fraction of sp³-hybridized carbons (Fsp3) is 0.882. The van der Waals surface area contributed by atoms with Gasteiger partial charge >= 0.3 is 5.97 Å². The van der Waals surface area contributed by atoms with Gasteiger partial charge in [0.1, 0.15) is 5.78 Å². The summed E-state index contributed by atoms with van der Waals surface area (Å²) in [7, 11) is 0. The number of aliphatic carboxylic acids is 1. The number of carboxylic acid groups (broad SMARTS) is 1. The van der Waals surface area contributed by atoms with Crippen LogP contribution in [0.15, 0.2) is 0 Å². The number of hydrogen-bond acceptors (Lipinski definition) is 2. The maximum atomic E-state index is 11.7. The summed E-state index contributed by atoms with van der Waals surface area (Å²) in [5, 5.41) is 8.52. The predicted molar refractivity (Wildman–Crippen MR) is 80.8 cm³/mol. The Morgan fingerprint density at radius 3 is 2.15 bits per heavy atom. The Morgan fingerprint density at radius 2 is 1.55 bits per heavy atom. The van der Waals surface area contributed by atoms with Crippen molar-refractivity contribution in [3.63, 3.8) is 0 Å². The summed E-state index contributed by atoms with van der Waals surface area (Å²) >= 11 is 0. The molecule has 0 spiro atoms. The molecule has 0 heterocycles. The lowest BCUT2D eigenvalue weighted by Crippen LogP contribution is -2.18. The molecular formula is C17H30O3. The number of carboxylic acids is 1. The fourth-order valence-electron chi connectivity index (χ4n) is 3.09. The van der Waals surface area contributed by atoms with Crippen molar-refractivity contribution in [2.45, 2.75) is 89.9 Å². The molecule has 1 aliphatic carbocycles. The molecule has 20 heavy (non-hydrogen) atoms. The third-order valence-corrected chi connectivity index (χ3v) is 4.37. The summed E-state index contributed by atoms with van der Waals surface area (Å²) < 4.78 is 0. The first-order chi connectivity index (χ1) is 9.70. The molecule has 0 aromatic rings. The summed E-state index contributed by atoms with van der Waals surface area (Å²) in [6.45, 7) is 0. The number of ketones is 1. The maximum Gasteiger partial charge on any atom is 0.303 e. The SMILES string of the molecule is O=C(O)CCCCCCCCCC[C@@H]1CCCCC1=O. The van der Waals surface area contributed by atoms with Crippen molar-refractivity contribution in [3.8, 4) is 0 Å². The smallest absolute Gasteiger partial charge is 0.303 e. The van der Waals surface area contributed by atoms with Gasteiger partial charge < -0.3 is 5.11 Å². The molecule has 1 N–H and O–H groups in total. The summed E-state index contributed by atoms with van der Waals surface area (Å²) in [6.07, 6.45) is 14.9. The van der Waals surface area contributed by atoms with Crippen molar-refractivity contribution in [1.29, 1.82) is 0 Å². The first-order valence-corrected chi connectivity index (χ1v) is 8.44. The molecule has 0 radical (unpaired) electrons. The lowest BCUT2D eigenvalue weighted by molar-refractivity contribution is -0.137. The lowest BCUT2D eigenvalue weighted by atomic mass is 9.84. The normalized spacial score (nSPS) is 19.2. The van der Waals surface area contributed by atoms with Gasteiger partial charge in [-0.1, -0.05) is 51.4 Å². The van der Waals surface area contributed by atoms with Crippen LogP contribution >= 0.6 is 0 Å². The zero-order chi connectivity index (χ0) is 14.6. The van der Waals surface area contributed by atoms with Gasteiger partial charge in [-0.2, -0.15) is 0 Å². The molecule has 0 aromatic carbocycles. The summed E-state index contributed by atoms with van der Waals surface area (Å²) in [6, 6.07) is 0. The molecule has 0 bridgehead atoms. The minimum Gasteiger partial charge on any atom is -0.481 e. The minimum absolute atomic E-state index is 0.315. The fourth-order valence-corrected chi connectivity index (χ4v) is 3.09. The van der Waals surface area contributed by atoms with Crippen LogP contribution in [0.3, 0.4) is 0 Å². The Bertz CT molecular complexity index is 286. The van der Waals surface area contributed by atoms with Crippen molar-refractivity contribution in [3.05, 3.63) is 0 Å². The van der Waals surface area contributed by atoms with Crippen LogP contribution in [0.2, 0.25) is 0 Å². The maximum absolute atomic E-state index is 11.7. The van der Waals surface area contributed by atoms with Crippen molar-refractivity contribution >= 4 is 11.8 Å². The molecular weight excluding hydrogens is 252 g/mol. The van der Waals surface area contributed by atoms with Crippen LogP contribution in [-0.2, 0) is 9.59 Å². The summed E-state index contributed by atoms with van der Waals surface area (Å²) in [5.74, 6) is 0.205. The average Bonchev–Trinajstić information content (AvgIpc) is 2.42. The van der Waals surface area contributed by atoms with Crippen molar-refractivity contribution in [2.75, 3.05) is 0 Å². The van der Waals surface area contributed by atoms with Crippen molar-refractivity contribution in [2.24, 2.45) is 5.92 Å². The predicted octanol–water partition coefficient (Wildman–Crippen LogP) is 4.73. The number of Topliss-reactive ketones (excluding diaryl/α,β-unsaturated/α-hetero) is 1. The molecule has 0 unspecified atom stereocenters. The monoisotopic (exact) mass is 282 g/mol. The second-order valence-electron chi connectivity index (χ2n) is 6.17. The van der Waals surface area contributed by atoms with Crippen LogP contribution in [-0.4, -0.2) is 16.9 Å². The lowest BCUT2D eigenvalue weighted by Gasteiger charge is -2.20. The highest BCUT2D eigenvalue weighted by atomic mass is 16.4. The number of carbonyl (C=O) groups excluding carboxylic acids is 1. The van der Waals surface area contributed by atoms with Crippen LogP contribution in [0, 0.1) is 5.92 Å². The average molecular weight is 282 g/mol. The molecule has 0 amide bonds. The van der Waals surface area contributed by atoms with Crippen LogP contribution in [0.4, 0.5) is 0 Å². The minimum atomic E-state index is -0.678. The zero-order valence-corrected chi connectivity index (χ0v) is 12.7. The first kappa shape index (κ1) is 17.2. The van der Waals surface area contributed by atoms with Gasteiger partial charge in [0.25, 0.3) is 0 Å². The Morgan fingerprint density at radius 1 is 0.950 bits per heavy atom. The van der Waals surface area contributed by atoms with E-state index < -0.39 is 5.97 Å². The van der Waals surface area contributed by atoms with E-state index in [1.807, 2.05) is 0 Å². The van der Waals surface area contributed by atoms with Gasteiger partial charge in [-0.05, 0) is 25.7 Å². The van der Waals surface area contributed by atoms with Crippen LogP contribution < -0.4 is 0 Å². The number of rotatable bonds is 11. The molecule has 3 heteroatoms. The molecule has 1 atom stereocenters. The van der Waals surface area contributed by atoms with Gasteiger partial charge in [-0.15, -0.1) is 0 Å². The quantitative estimate of drug-likeness (QED) is 0.557. The van der Waals surface area contributed by atoms with Crippen LogP contribution in [0.1, 0.15) is 89.9 Å². The molecule has 1 fully saturated rings. The topological polar surface area (TPSA) is 54.4 Å². The molecule has 116 valence electrons. The number of hydrogen-bond donors (Lipinski definition) is 1. The first-order valence-electron chi connectivity index (χ1n) is 8.44. The molecule has 0 aromatic heterocycles. The molecule has 0 saturated heterocycles. The van der Waals surface area contributed by atoms with Gasteiger partial charge in [0.15, 0.2) is 0 Å². The third kappa shape index (κ3) is 8.34. The van der Waals surface area contributed by atoms with E-state index in [1.54, 1.807) is 0 Å². The van der Waals surface area contributed by atoms with Crippen molar-refractivity contribution in [1.82, 2.24) is 0 Å². The molecule has 1 saturated carbocycles. The van der Waals surface area contributed by atoms with Gasteiger partial charge in [-0.3, -0.25) is 9.59 Å². The van der Waals surface area contributed by atoms with E-state index in [-0.39, 0.29) is 0 Å². The van der Waals surface area contributed by atoms with Crippen LogP contribution in [0.25, 0.3) is 0 Å². The van der Waals surface area contributed by atoms with Crippen molar-refractivity contribution < 1.29 is 14.7 Å². The van der Waals surface area contributed by atoms with Gasteiger partial charge in [0.05, 0.1) is 0 Å². The molecule has 1 aliphatic rings. The van der Waals surface area contributed by atoms with Gasteiger partial charge in [-0.25, -0.2) is 0 Å². The second kappa shape index (κ2) is 10.9. The van der Waals surface area contributed by atoms with E-state index in [0.717, 1.165) is 44.9 Å². The standard InChI is InChI=1S/C17H30O3/c18-16-13-10-9-12-15(16)11-7-5-3-1-2-4-6-8-14-17(19)20/h15H,1-14H2,(H,19,20)/t15-/m1/s1. The van der Waals surface area contributed by atoms with Crippen LogP contribution in [0.5, 0.6) is 0 Å². The summed E-state index contributed by atoms with van der Waals surface area (Å²) in [5.41, 5.74) is 0. The highest BCUT2D eigenvalue weighted by Gasteiger charge is 2.20. The number of unbranched alkanes of at least 4 members (excludes halogenated alkanes) is 7. The summed E-state index contributed by atoms with van der Waals surface area (Å²) in [4.78, 5) is 22.0. The van der Waals surface area contributed by atoms with Gasteiger partial charge in [0.2, 0.25) is 0 Å². The molecule has 0 aliphatic heterocycles. The Hall–Kier alpha value is -0.860. The van der Waals surface area contributed by atoms with E-state index in [2.05, 4.69) is 0 Å². The highest BCUT2D eigenvalue weighted by Crippen LogP contribution is 2.25.